The Kier molecular flexibility index (Phi) is 10.0. The van der Waals surface area contributed by atoms with Gasteiger partial charge in [-0.05, 0) is 52.6 Å². The van der Waals surface area contributed by atoms with Crippen LogP contribution in [-0.2, 0) is 13.1 Å². The molecule has 0 saturated carbocycles. The van der Waals surface area contributed by atoms with Gasteiger partial charge in [-0.1, -0.05) is 30.3 Å². The van der Waals surface area contributed by atoms with Crippen molar-refractivity contribution in [1.82, 2.24) is 30.3 Å². The van der Waals surface area contributed by atoms with Gasteiger partial charge in [-0.25, -0.2) is 9.67 Å². The van der Waals surface area contributed by atoms with Gasteiger partial charge in [0.25, 0.3) is 0 Å². The Labute approximate surface area is 197 Å². The second kappa shape index (κ2) is 12.2. The minimum Gasteiger partial charge on any atom is -0.357 e. The molecule has 0 spiro atoms. The molecule has 1 aromatic heterocycles. The van der Waals surface area contributed by atoms with Gasteiger partial charge in [0.05, 0.1) is 6.04 Å². The van der Waals surface area contributed by atoms with Gasteiger partial charge in [-0.2, -0.15) is 5.10 Å². The highest BCUT2D eigenvalue weighted by Crippen LogP contribution is 2.22. The van der Waals surface area contributed by atoms with Crippen LogP contribution in [0.4, 0.5) is 0 Å². The fourth-order valence-corrected chi connectivity index (χ4v) is 3.70. The predicted octanol–water partition coefficient (Wildman–Crippen LogP) is 3.51. The molecule has 2 aromatic rings. The highest BCUT2D eigenvalue weighted by molar-refractivity contribution is 14.0. The Hall–Kier alpha value is -1.68. The molecule has 166 valence electrons. The molecule has 0 saturated heterocycles. The van der Waals surface area contributed by atoms with Crippen LogP contribution < -0.4 is 10.6 Å². The van der Waals surface area contributed by atoms with E-state index in [4.69, 9.17) is 4.99 Å². The summed E-state index contributed by atoms with van der Waals surface area (Å²) >= 11 is 0. The van der Waals surface area contributed by atoms with E-state index < -0.39 is 0 Å². The number of halogens is 1. The molecular formula is C22H36IN7. The van der Waals surface area contributed by atoms with Crippen molar-refractivity contribution in [2.45, 2.75) is 65.2 Å². The second-order valence-corrected chi connectivity index (χ2v) is 7.88. The summed E-state index contributed by atoms with van der Waals surface area (Å²) in [5.74, 6) is 2.73. The topological polar surface area (TPSA) is 70.4 Å². The minimum atomic E-state index is 0. The number of aryl methyl sites for hydroxylation is 2. The monoisotopic (exact) mass is 525 g/mol. The summed E-state index contributed by atoms with van der Waals surface area (Å²) in [6, 6.07) is 11.2. The van der Waals surface area contributed by atoms with Crippen LogP contribution in [-0.4, -0.2) is 51.8 Å². The van der Waals surface area contributed by atoms with Crippen molar-refractivity contribution in [3.63, 3.8) is 0 Å². The lowest BCUT2D eigenvalue weighted by Crippen LogP contribution is -2.41. The van der Waals surface area contributed by atoms with Crippen molar-refractivity contribution >= 4 is 29.9 Å². The fourth-order valence-electron chi connectivity index (χ4n) is 3.70. The van der Waals surface area contributed by atoms with Gasteiger partial charge < -0.3 is 10.6 Å². The van der Waals surface area contributed by atoms with Crippen LogP contribution in [0.25, 0.3) is 0 Å². The van der Waals surface area contributed by atoms with Gasteiger partial charge >= 0.3 is 0 Å². The molecule has 0 amide bonds. The zero-order valence-electron chi connectivity index (χ0n) is 18.6. The molecule has 0 aliphatic carbocycles. The predicted molar refractivity (Wildman–Crippen MR) is 133 cm³/mol. The Balaban J connectivity index is 0.00000320. The molecule has 1 aliphatic rings. The summed E-state index contributed by atoms with van der Waals surface area (Å²) in [4.78, 5) is 11.8. The van der Waals surface area contributed by atoms with Crippen LogP contribution in [0.1, 0.15) is 56.4 Å². The number of aliphatic imine (C=N–C) groups is 1. The number of nitrogens with one attached hydrogen (secondary N) is 2. The molecule has 1 aliphatic heterocycles. The average molecular weight is 525 g/mol. The van der Waals surface area contributed by atoms with Crippen molar-refractivity contribution in [3.8, 4) is 0 Å². The molecule has 8 heteroatoms. The van der Waals surface area contributed by atoms with E-state index in [1.165, 1.54) is 5.56 Å². The summed E-state index contributed by atoms with van der Waals surface area (Å²) in [5.41, 5.74) is 1.34. The van der Waals surface area contributed by atoms with Crippen molar-refractivity contribution in [1.29, 1.82) is 0 Å². The lowest BCUT2D eigenvalue weighted by atomic mass is 10.1. The van der Waals surface area contributed by atoms with Gasteiger partial charge in [0.15, 0.2) is 5.96 Å². The Morgan fingerprint density at radius 2 is 2.10 bits per heavy atom. The van der Waals surface area contributed by atoms with Crippen LogP contribution in [0.3, 0.4) is 0 Å². The number of nitrogens with zero attached hydrogens (tertiary/aromatic N) is 5. The molecule has 0 radical (unpaired) electrons. The number of aromatic nitrogens is 3. The van der Waals surface area contributed by atoms with E-state index in [9.17, 15) is 0 Å². The number of hydrogen-bond acceptors (Lipinski definition) is 4. The van der Waals surface area contributed by atoms with Crippen molar-refractivity contribution in [2.24, 2.45) is 4.99 Å². The van der Waals surface area contributed by atoms with Gasteiger partial charge in [0.1, 0.15) is 11.6 Å². The largest absolute Gasteiger partial charge is 0.357 e. The van der Waals surface area contributed by atoms with E-state index in [1.807, 2.05) is 11.6 Å². The number of fused-ring (bicyclic) bond motifs is 1. The van der Waals surface area contributed by atoms with Crippen LogP contribution in [0, 0.1) is 6.92 Å². The van der Waals surface area contributed by atoms with Gasteiger partial charge in [-0.3, -0.25) is 9.89 Å². The number of hydrogen-bond donors (Lipinski definition) is 2. The molecule has 2 unspecified atom stereocenters. The number of benzene rings is 1. The first-order valence-corrected chi connectivity index (χ1v) is 10.8. The standard InChI is InChI=1S/C22H35N7.HI/c1-5-23-22(26-20-12-9-15-29-21(20)25-18(3)27-29)24-14-13-17(2)28(4)16-19-10-7-6-8-11-19;/h6-8,10-11,17,20H,5,9,12-16H2,1-4H3,(H2,23,24,26);1H. The molecule has 2 atom stereocenters. The maximum atomic E-state index is 4.83. The van der Waals surface area contributed by atoms with Gasteiger partial charge in [-0.15, -0.1) is 24.0 Å². The summed E-state index contributed by atoms with van der Waals surface area (Å²) < 4.78 is 2.03. The SMILES string of the molecule is CCNC(=NCCC(C)N(C)Cc1ccccc1)NC1CCCn2nc(C)nc21.I. The normalized spacial score (nSPS) is 17.2. The van der Waals surface area contributed by atoms with Gasteiger partial charge in [0, 0.05) is 32.2 Å². The maximum Gasteiger partial charge on any atom is 0.191 e. The lowest BCUT2D eigenvalue weighted by Gasteiger charge is -2.26. The second-order valence-electron chi connectivity index (χ2n) is 7.88. The summed E-state index contributed by atoms with van der Waals surface area (Å²) in [6.45, 7) is 9.86. The third-order valence-electron chi connectivity index (χ3n) is 5.48. The van der Waals surface area contributed by atoms with Crippen molar-refractivity contribution < 1.29 is 0 Å². The molecule has 7 nitrogen and oxygen atoms in total. The molecule has 0 bridgehead atoms. The maximum absolute atomic E-state index is 4.83. The van der Waals surface area contributed by atoms with E-state index in [0.717, 1.165) is 63.0 Å². The molecule has 0 fully saturated rings. The first-order valence-electron chi connectivity index (χ1n) is 10.8. The van der Waals surface area contributed by atoms with E-state index in [1.54, 1.807) is 0 Å². The quantitative estimate of drug-likeness (QED) is 0.314. The molecule has 2 heterocycles. The summed E-state index contributed by atoms with van der Waals surface area (Å²) in [5, 5.41) is 11.4. The molecule has 30 heavy (non-hydrogen) atoms. The highest BCUT2D eigenvalue weighted by atomic mass is 127. The third kappa shape index (κ3) is 6.94. The van der Waals surface area contributed by atoms with E-state index >= 15 is 0 Å². The summed E-state index contributed by atoms with van der Waals surface area (Å²) in [7, 11) is 2.18. The number of rotatable bonds is 8. The van der Waals surface area contributed by atoms with Crippen LogP contribution >= 0.6 is 24.0 Å². The Bertz CT molecular complexity index is 790. The van der Waals surface area contributed by atoms with Crippen molar-refractivity contribution in [3.05, 3.63) is 47.5 Å². The fraction of sp³-hybridized carbons (Fsp3) is 0.591. The molecule has 2 N–H and O–H groups in total. The Morgan fingerprint density at radius 1 is 1.33 bits per heavy atom. The van der Waals surface area contributed by atoms with Crippen molar-refractivity contribution in [2.75, 3.05) is 20.1 Å². The molecule has 3 rings (SSSR count). The van der Waals surface area contributed by atoms with Gasteiger partial charge in [0.2, 0.25) is 0 Å². The Morgan fingerprint density at radius 3 is 2.83 bits per heavy atom. The first kappa shape index (κ1) is 24.6. The zero-order valence-corrected chi connectivity index (χ0v) is 21.0. The summed E-state index contributed by atoms with van der Waals surface area (Å²) in [6.07, 6.45) is 3.17. The molecular weight excluding hydrogens is 489 g/mol. The van der Waals surface area contributed by atoms with Crippen LogP contribution in [0.5, 0.6) is 0 Å². The smallest absolute Gasteiger partial charge is 0.191 e. The van der Waals surface area contributed by atoms with E-state index in [2.05, 4.69) is 76.8 Å². The lowest BCUT2D eigenvalue weighted by molar-refractivity contribution is 0.240. The third-order valence-corrected chi connectivity index (χ3v) is 5.48. The van der Waals surface area contributed by atoms with Crippen LogP contribution in [0.2, 0.25) is 0 Å². The first-order chi connectivity index (χ1) is 14.1. The zero-order chi connectivity index (χ0) is 20.6. The van der Waals surface area contributed by atoms with E-state index in [0.29, 0.717) is 6.04 Å². The number of guanidine groups is 1. The van der Waals surface area contributed by atoms with E-state index in [-0.39, 0.29) is 30.0 Å². The highest BCUT2D eigenvalue weighted by Gasteiger charge is 2.24. The molecule has 1 aromatic carbocycles. The van der Waals surface area contributed by atoms with Crippen LogP contribution in [0.15, 0.2) is 35.3 Å². The minimum absolute atomic E-state index is 0. The average Bonchev–Trinajstić information content (AvgIpc) is 3.10.